The van der Waals surface area contributed by atoms with Crippen LogP contribution in [0.15, 0.2) is 109 Å². The van der Waals surface area contributed by atoms with Gasteiger partial charge in [0.05, 0.1) is 17.9 Å². The molecule has 4 aromatic rings. The molecule has 0 aliphatic carbocycles. The van der Waals surface area contributed by atoms with Crippen LogP contribution in [0.5, 0.6) is 5.75 Å². The molecule has 0 spiro atoms. The molecule has 0 atom stereocenters. The molecule has 5 nitrogen and oxygen atoms in total. The Morgan fingerprint density at radius 2 is 1.23 bits per heavy atom. The molecule has 0 saturated heterocycles. The smallest absolute Gasteiger partial charge is 0.255 e. The van der Waals surface area contributed by atoms with Crippen molar-refractivity contribution in [3.05, 3.63) is 131 Å². The van der Waals surface area contributed by atoms with E-state index in [0.29, 0.717) is 35.7 Å². The van der Waals surface area contributed by atoms with Crippen LogP contribution in [0.3, 0.4) is 0 Å². The third-order valence-corrected chi connectivity index (χ3v) is 5.58. The first-order valence-electron chi connectivity index (χ1n) is 11.7. The van der Waals surface area contributed by atoms with Gasteiger partial charge in [-0.25, -0.2) is 0 Å². The Hall–Kier alpha value is -4.38. The van der Waals surface area contributed by atoms with Crippen LogP contribution < -0.4 is 15.4 Å². The van der Waals surface area contributed by atoms with E-state index in [4.69, 9.17) is 4.74 Å². The number of hydrogen-bond donors (Lipinski definition) is 2. The monoisotopic (exact) mass is 464 g/mol. The zero-order chi connectivity index (χ0) is 24.3. The first kappa shape index (κ1) is 23.8. The number of amides is 2. The topological polar surface area (TPSA) is 67.4 Å². The van der Waals surface area contributed by atoms with Gasteiger partial charge in [0, 0.05) is 18.5 Å². The van der Waals surface area contributed by atoms with Crippen LogP contribution >= 0.6 is 0 Å². The molecule has 35 heavy (non-hydrogen) atoms. The molecule has 0 saturated carbocycles. The first-order chi connectivity index (χ1) is 17.2. The lowest BCUT2D eigenvalue weighted by molar-refractivity contribution is 0.0955. The highest BCUT2D eigenvalue weighted by Gasteiger charge is 2.14. The van der Waals surface area contributed by atoms with E-state index in [0.717, 1.165) is 18.4 Å². The van der Waals surface area contributed by atoms with E-state index in [1.54, 1.807) is 48.5 Å². The van der Waals surface area contributed by atoms with Crippen molar-refractivity contribution in [2.75, 3.05) is 18.5 Å². The molecule has 0 fully saturated rings. The second-order valence-electron chi connectivity index (χ2n) is 8.10. The molecule has 0 bridgehead atoms. The maximum Gasteiger partial charge on any atom is 0.255 e. The summed E-state index contributed by atoms with van der Waals surface area (Å²) in [6, 6.07) is 34.1. The normalized spacial score (nSPS) is 10.4. The zero-order valence-corrected chi connectivity index (χ0v) is 19.4. The van der Waals surface area contributed by atoms with E-state index in [9.17, 15) is 9.59 Å². The van der Waals surface area contributed by atoms with Crippen LogP contribution in [0.1, 0.15) is 31.8 Å². The van der Waals surface area contributed by atoms with Crippen molar-refractivity contribution in [3.8, 4) is 5.75 Å². The number of rotatable bonds is 10. The Morgan fingerprint density at radius 3 is 1.91 bits per heavy atom. The molecule has 0 unspecified atom stereocenters. The van der Waals surface area contributed by atoms with Crippen LogP contribution in [0.4, 0.5) is 5.69 Å². The predicted octanol–water partition coefficient (Wildman–Crippen LogP) is 5.53. The molecule has 176 valence electrons. The van der Waals surface area contributed by atoms with Gasteiger partial charge in [-0.1, -0.05) is 72.8 Å². The summed E-state index contributed by atoms with van der Waals surface area (Å²) >= 11 is 0. The van der Waals surface area contributed by atoms with Crippen molar-refractivity contribution in [2.24, 2.45) is 0 Å². The van der Waals surface area contributed by atoms with Gasteiger partial charge in [0.25, 0.3) is 11.8 Å². The van der Waals surface area contributed by atoms with Gasteiger partial charge in [0.15, 0.2) is 0 Å². The lowest BCUT2D eigenvalue weighted by Crippen LogP contribution is -2.27. The number of carbonyl (C=O) groups is 2. The Kier molecular flexibility index (Phi) is 8.28. The van der Waals surface area contributed by atoms with Gasteiger partial charge < -0.3 is 15.4 Å². The minimum Gasteiger partial charge on any atom is -0.493 e. The number of ether oxygens (including phenoxy) is 1. The fourth-order valence-corrected chi connectivity index (χ4v) is 3.68. The molecular formula is C30H28N2O3. The molecule has 2 amide bonds. The molecule has 0 radical (unpaired) electrons. The number of hydrogen-bond acceptors (Lipinski definition) is 3. The van der Waals surface area contributed by atoms with E-state index >= 15 is 0 Å². The molecule has 4 rings (SSSR count). The van der Waals surface area contributed by atoms with Gasteiger partial charge in [0.1, 0.15) is 5.75 Å². The Bertz CT molecular complexity index is 1240. The molecule has 2 N–H and O–H groups in total. The highest BCUT2D eigenvalue weighted by atomic mass is 16.5. The van der Waals surface area contributed by atoms with Crippen molar-refractivity contribution in [3.63, 3.8) is 0 Å². The van der Waals surface area contributed by atoms with E-state index in [-0.39, 0.29) is 11.8 Å². The van der Waals surface area contributed by atoms with Crippen molar-refractivity contribution in [2.45, 2.75) is 12.8 Å². The van der Waals surface area contributed by atoms with Crippen molar-refractivity contribution in [1.82, 2.24) is 5.32 Å². The molecule has 5 heteroatoms. The van der Waals surface area contributed by atoms with Gasteiger partial charge in [-0.2, -0.15) is 0 Å². The third kappa shape index (κ3) is 7.05. The van der Waals surface area contributed by atoms with Gasteiger partial charge in [-0.15, -0.1) is 0 Å². The molecule has 4 aromatic carbocycles. The molecule has 0 aromatic heterocycles. The lowest BCUT2D eigenvalue weighted by Gasteiger charge is -2.12. The van der Waals surface area contributed by atoms with Gasteiger partial charge in [0.2, 0.25) is 0 Å². The Balaban J connectivity index is 1.30. The van der Waals surface area contributed by atoms with Crippen LogP contribution in [-0.4, -0.2) is 25.0 Å². The Morgan fingerprint density at radius 1 is 0.629 bits per heavy atom. The van der Waals surface area contributed by atoms with Crippen molar-refractivity contribution >= 4 is 17.5 Å². The van der Waals surface area contributed by atoms with Gasteiger partial charge in [-0.3, -0.25) is 9.59 Å². The summed E-state index contributed by atoms with van der Waals surface area (Å²) in [5.74, 6) is 0.194. The fourth-order valence-electron chi connectivity index (χ4n) is 3.68. The van der Waals surface area contributed by atoms with Crippen LogP contribution in [0.25, 0.3) is 0 Å². The lowest BCUT2D eigenvalue weighted by atomic mass is 10.1. The van der Waals surface area contributed by atoms with Crippen molar-refractivity contribution < 1.29 is 14.3 Å². The quantitative estimate of drug-likeness (QED) is 0.324. The summed E-state index contributed by atoms with van der Waals surface area (Å²) in [6.45, 7) is 1.07. The molecule has 0 aliphatic heterocycles. The number of para-hydroxylation sites is 1. The fraction of sp³-hybridized carbons (Fsp3) is 0.133. The average molecular weight is 465 g/mol. The number of benzene rings is 4. The summed E-state index contributed by atoms with van der Waals surface area (Å²) in [6.07, 6.45) is 1.55. The second-order valence-corrected chi connectivity index (χ2v) is 8.10. The summed E-state index contributed by atoms with van der Waals surface area (Å²) in [4.78, 5) is 25.6. The predicted molar refractivity (Wildman–Crippen MR) is 139 cm³/mol. The Labute approximate surface area is 205 Å². The largest absolute Gasteiger partial charge is 0.493 e. The van der Waals surface area contributed by atoms with E-state index in [2.05, 4.69) is 22.8 Å². The zero-order valence-electron chi connectivity index (χ0n) is 19.4. The second kappa shape index (κ2) is 12.2. The summed E-state index contributed by atoms with van der Waals surface area (Å²) in [5, 5.41) is 5.79. The van der Waals surface area contributed by atoms with E-state index in [1.807, 2.05) is 48.5 Å². The minimum absolute atomic E-state index is 0.223. The van der Waals surface area contributed by atoms with Crippen LogP contribution in [-0.2, 0) is 12.8 Å². The highest BCUT2D eigenvalue weighted by molar-refractivity contribution is 6.09. The number of nitrogens with one attached hydrogen (secondary N) is 2. The molecule has 0 heterocycles. The highest BCUT2D eigenvalue weighted by Crippen LogP contribution is 2.18. The van der Waals surface area contributed by atoms with Gasteiger partial charge in [-0.05, 0) is 53.9 Å². The summed E-state index contributed by atoms with van der Waals surface area (Å²) < 4.78 is 5.80. The molecular weight excluding hydrogens is 436 g/mol. The van der Waals surface area contributed by atoms with E-state index in [1.165, 1.54) is 5.56 Å². The van der Waals surface area contributed by atoms with E-state index < -0.39 is 0 Å². The number of carbonyl (C=O) groups excluding carboxylic acids is 2. The SMILES string of the molecule is O=C(Nc1ccccc1C(=O)NCCc1ccccc1)c1ccc(OCCc2ccccc2)cc1. The third-order valence-electron chi connectivity index (χ3n) is 5.58. The molecule has 0 aliphatic rings. The summed E-state index contributed by atoms with van der Waals surface area (Å²) in [7, 11) is 0. The minimum atomic E-state index is -0.287. The van der Waals surface area contributed by atoms with Crippen molar-refractivity contribution in [1.29, 1.82) is 0 Å². The van der Waals surface area contributed by atoms with Gasteiger partial charge >= 0.3 is 0 Å². The maximum absolute atomic E-state index is 12.8. The standard InChI is InChI=1S/C30H28N2O3/c33-29(25-15-17-26(18-16-25)35-22-20-24-11-5-2-6-12-24)32-28-14-8-7-13-27(28)30(34)31-21-19-23-9-3-1-4-10-23/h1-18H,19-22H2,(H,31,34)(H,32,33). The van der Waals surface area contributed by atoms with Crippen LogP contribution in [0, 0.1) is 0 Å². The maximum atomic E-state index is 12.8. The number of anilines is 1. The average Bonchev–Trinajstić information content (AvgIpc) is 2.90. The summed E-state index contributed by atoms with van der Waals surface area (Å²) in [5.41, 5.74) is 3.75. The first-order valence-corrected chi connectivity index (χ1v) is 11.7. The van der Waals surface area contributed by atoms with Crippen LogP contribution in [0.2, 0.25) is 0 Å².